The number of hydrogen-bond acceptors (Lipinski definition) is 5. The van der Waals surface area contributed by atoms with Gasteiger partial charge in [-0.05, 0) is 65.4 Å². The molecule has 0 aliphatic heterocycles. The third-order valence-corrected chi connectivity index (χ3v) is 6.90. The van der Waals surface area contributed by atoms with Gasteiger partial charge in [-0.3, -0.25) is 9.48 Å². The van der Waals surface area contributed by atoms with E-state index in [1.807, 2.05) is 35.7 Å². The van der Waals surface area contributed by atoms with E-state index in [2.05, 4.69) is 15.6 Å². The minimum Gasteiger partial charge on any atom is -0.397 e. The topological polar surface area (TPSA) is 85.8 Å². The van der Waals surface area contributed by atoms with E-state index in [1.54, 1.807) is 46.5 Å². The SMILES string of the molecule is Nc1ccc(-c2cccs2)cc1NC(=O)c1cccc(-c2cn(CCc3ccc(C(F)(F)F)cc3)nn2)c1. The quantitative estimate of drug-likeness (QED) is 0.226. The number of hydrogen-bond donors (Lipinski definition) is 2. The van der Waals surface area contributed by atoms with Gasteiger partial charge >= 0.3 is 6.18 Å². The molecule has 0 saturated carbocycles. The maximum atomic E-state index is 13.0. The molecule has 0 aliphatic carbocycles. The maximum absolute atomic E-state index is 13.0. The van der Waals surface area contributed by atoms with Crippen molar-refractivity contribution in [2.45, 2.75) is 19.1 Å². The molecule has 0 saturated heterocycles. The van der Waals surface area contributed by atoms with Crippen LogP contribution in [0.15, 0.2) is 90.4 Å². The number of amides is 1. The number of rotatable bonds is 7. The van der Waals surface area contributed by atoms with Gasteiger partial charge in [0, 0.05) is 22.5 Å². The summed E-state index contributed by atoms with van der Waals surface area (Å²) in [6.45, 7) is 0.443. The Kier molecular flexibility index (Phi) is 6.97. The van der Waals surface area contributed by atoms with Crippen LogP contribution in [0.4, 0.5) is 24.5 Å². The second-order valence-corrected chi connectivity index (χ2v) is 9.57. The van der Waals surface area contributed by atoms with E-state index in [0.29, 0.717) is 41.2 Å². The van der Waals surface area contributed by atoms with Crippen molar-refractivity contribution in [2.24, 2.45) is 0 Å². The second kappa shape index (κ2) is 10.5. The first-order chi connectivity index (χ1) is 18.3. The van der Waals surface area contributed by atoms with Crippen LogP contribution < -0.4 is 11.1 Å². The Morgan fingerprint density at radius 1 is 0.974 bits per heavy atom. The number of nitrogens with zero attached hydrogens (tertiary/aromatic N) is 3. The number of carbonyl (C=O) groups is 1. The molecule has 1 amide bonds. The minimum atomic E-state index is -4.36. The highest BCUT2D eigenvalue weighted by Crippen LogP contribution is 2.31. The van der Waals surface area contributed by atoms with Gasteiger partial charge in [0.05, 0.1) is 23.1 Å². The van der Waals surface area contributed by atoms with Crippen LogP contribution in [-0.2, 0) is 19.1 Å². The number of thiophene rings is 1. The molecule has 3 aromatic carbocycles. The first kappa shape index (κ1) is 25.2. The summed E-state index contributed by atoms with van der Waals surface area (Å²) in [5, 5.41) is 13.2. The third-order valence-electron chi connectivity index (χ3n) is 5.98. The van der Waals surface area contributed by atoms with Crippen molar-refractivity contribution in [2.75, 3.05) is 11.1 Å². The van der Waals surface area contributed by atoms with E-state index in [-0.39, 0.29) is 5.91 Å². The number of halogens is 3. The first-order valence-electron chi connectivity index (χ1n) is 11.7. The van der Waals surface area contributed by atoms with Crippen molar-refractivity contribution in [3.05, 3.63) is 107 Å². The van der Waals surface area contributed by atoms with Gasteiger partial charge < -0.3 is 11.1 Å². The molecule has 192 valence electrons. The highest BCUT2D eigenvalue weighted by atomic mass is 32.1. The van der Waals surface area contributed by atoms with Gasteiger partial charge in [0.25, 0.3) is 5.91 Å². The number of nitrogen functional groups attached to an aromatic ring is 1. The highest BCUT2D eigenvalue weighted by molar-refractivity contribution is 7.13. The molecule has 0 spiro atoms. The Hall–Kier alpha value is -4.44. The molecule has 0 aliphatic rings. The number of anilines is 2. The Bertz CT molecular complexity index is 1560. The van der Waals surface area contributed by atoms with Crippen molar-refractivity contribution < 1.29 is 18.0 Å². The maximum Gasteiger partial charge on any atom is 0.416 e. The predicted molar refractivity (Wildman–Crippen MR) is 143 cm³/mol. The Morgan fingerprint density at radius 3 is 2.53 bits per heavy atom. The lowest BCUT2D eigenvalue weighted by Gasteiger charge is -2.10. The van der Waals surface area contributed by atoms with Gasteiger partial charge in [-0.25, -0.2) is 0 Å². The third kappa shape index (κ3) is 5.76. The van der Waals surface area contributed by atoms with Crippen molar-refractivity contribution in [3.8, 4) is 21.7 Å². The van der Waals surface area contributed by atoms with Crippen LogP contribution in [-0.4, -0.2) is 20.9 Å². The van der Waals surface area contributed by atoms with Crippen LogP contribution >= 0.6 is 11.3 Å². The van der Waals surface area contributed by atoms with Gasteiger partial charge in [-0.1, -0.05) is 41.6 Å². The number of aromatic nitrogens is 3. The fraction of sp³-hybridized carbons (Fsp3) is 0.107. The molecule has 0 fully saturated rings. The number of carbonyl (C=O) groups excluding carboxylic acids is 1. The van der Waals surface area contributed by atoms with Gasteiger partial charge in [-0.15, -0.1) is 16.4 Å². The van der Waals surface area contributed by atoms with Crippen LogP contribution in [0.5, 0.6) is 0 Å². The summed E-state index contributed by atoms with van der Waals surface area (Å²) in [4.78, 5) is 14.1. The molecular formula is C28H22F3N5OS. The van der Waals surface area contributed by atoms with E-state index in [9.17, 15) is 18.0 Å². The molecule has 0 atom stereocenters. The molecule has 10 heteroatoms. The standard InChI is InChI=1S/C28H22F3N5OS/c29-28(30,31)22-9-6-18(7-10-22)12-13-36-17-25(34-35-36)19-3-1-4-21(15-19)27(37)33-24-16-20(8-11-23(24)32)26-5-2-14-38-26/h1-11,14-17H,12-13,32H2,(H,33,37). The average Bonchev–Trinajstić information content (AvgIpc) is 3.61. The largest absolute Gasteiger partial charge is 0.416 e. The summed E-state index contributed by atoms with van der Waals surface area (Å²) in [6, 6.07) is 21.6. The molecule has 6 nitrogen and oxygen atoms in total. The predicted octanol–water partition coefficient (Wildman–Crippen LogP) is 6.77. The molecule has 5 rings (SSSR count). The molecule has 2 heterocycles. The molecule has 2 aromatic heterocycles. The average molecular weight is 534 g/mol. The lowest BCUT2D eigenvalue weighted by molar-refractivity contribution is -0.137. The Morgan fingerprint density at radius 2 is 1.79 bits per heavy atom. The van der Waals surface area contributed by atoms with E-state index in [0.717, 1.165) is 28.1 Å². The van der Waals surface area contributed by atoms with Gasteiger partial charge in [-0.2, -0.15) is 13.2 Å². The van der Waals surface area contributed by atoms with Gasteiger partial charge in [0.15, 0.2) is 0 Å². The summed E-state index contributed by atoms with van der Waals surface area (Å²) < 4.78 is 39.9. The monoisotopic (exact) mass is 533 g/mol. The van der Waals surface area contributed by atoms with Gasteiger partial charge in [0.1, 0.15) is 5.69 Å². The number of alkyl halides is 3. The zero-order valence-electron chi connectivity index (χ0n) is 19.9. The smallest absolute Gasteiger partial charge is 0.397 e. The van der Waals surface area contributed by atoms with E-state index in [4.69, 9.17) is 5.73 Å². The Labute approximate surface area is 220 Å². The van der Waals surface area contributed by atoms with Crippen LogP contribution in [0.25, 0.3) is 21.7 Å². The number of aryl methyl sites for hydroxylation is 2. The normalized spacial score (nSPS) is 11.4. The van der Waals surface area contributed by atoms with Crippen LogP contribution in [0.3, 0.4) is 0 Å². The van der Waals surface area contributed by atoms with Crippen molar-refractivity contribution in [3.63, 3.8) is 0 Å². The summed E-state index contributed by atoms with van der Waals surface area (Å²) >= 11 is 1.60. The first-order valence-corrected chi connectivity index (χ1v) is 12.6. The van der Waals surface area contributed by atoms with Gasteiger partial charge in [0.2, 0.25) is 0 Å². The summed E-state index contributed by atoms with van der Waals surface area (Å²) in [6.07, 6.45) is -2.12. The molecular weight excluding hydrogens is 511 g/mol. The van der Waals surface area contributed by atoms with Crippen molar-refractivity contribution >= 4 is 28.6 Å². The van der Waals surface area contributed by atoms with Crippen LogP contribution in [0, 0.1) is 0 Å². The van der Waals surface area contributed by atoms with E-state index < -0.39 is 11.7 Å². The molecule has 38 heavy (non-hydrogen) atoms. The number of benzene rings is 3. The molecule has 0 unspecified atom stereocenters. The van der Waals surface area contributed by atoms with Crippen LogP contribution in [0.1, 0.15) is 21.5 Å². The minimum absolute atomic E-state index is 0.309. The Balaban J connectivity index is 1.26. The van der Waals surface area contributed by atoms with E-state index in [1.165, 1.54) is 12.1 Å². The molecule has 0 bridgehead atoms. The van der Waals surface area contributed by atoms with Crippen molar-refractivity contribution in [1.82, 2.24) is 15.0 Å². The lowest BCUT2D eigenvalue weighted by Crippen LogP contribution is -2.13. The second-order valence-electron chi connectivity index (χ2n) is 8.63. The fourth-order valence-electron chi connectivity index (χ4n) is 3.92. The van der Waals surface area contributed by atoms with Crippen LogP contribution in [0.2, 0.25) is 0 Å². The fourth-order valence-corrected chi connectivity index (χ4v) is 4.64. The number of nitrogens with two attached hydrogens (primary N) is 1. The van der Waals surface area contributed by atoms with Crippen molar-refractivity contribution in [1.29, 1.82) is 0 Å². The zero-order valence-corrected chi connectivity index (χ0v) is 20.8. The summed E-state index contributed by atoms with van der Waals surface area (Å²) in [7, 11) is 0. The summed E-state index contributed by atoms with van der Waals surface area (Å²) in [5.41, 5.74) is 9.86. The molecule has 3 N–H and O–H groups in total. The molecule has 5 aromatic rings. The lowest BCUT2D eigenvalue weighted by atomic mass is 10.1. The molecule has 0 radical (unpaired) electrons. The zero-order chi connectivity index (χ0) is 26.7. The summed E-state index contributed by atoms with van der Waals surface area (Å²) in [5.74, 6) is -0.309. The van der Waals surface area contributed by atoms with E-state index >= 15 is 0 Å². The highest BCUT2D eigenvalue weighted by Gasteiger charge is 2.29. The number of nitrogens with one attached hydrogen (secondary N) is 1.